The number of rotatable bonds is 8. The first kappa shape index (κ1) is 23.4. The Morgan fingerprint density at radius 3 is 2.61 bits per heavy atom. The number of anilines is 4. The van der Waals surface area contributed by atoms with E-state index in [1.165, 1.54) is 19.3 Å². The van der Waals surface area contributed by atoms with Gasteiger partial charge in [-0.15, -0.1) is 0 Å². The van der Waals surface area contributed by atoms with Gasteiger partial charge in [-0.25, -0.2) is 0 Å². The first-order valence-electron chi connectivity index (χ1n) is 10.8. The van der Waals surface area contributed by atoms with Crippen molar-refractivity contribution in [2.45, 2.75) is 43.4 Å². The van der Waals surface area contributed by atoms with Crippen molar-refractivity contribution in [1.82, 2.24) is 20.3 Å². The van der Waals surface area contributed by atoms with Crippen molar-refractivity contribution in [3.63, 3.8) is 0 Å². The SMILES string of the molecule is COc1ccc(Nc2nc(NCC3SC(=O)NC3=O)nc(N(C)C3CCCCC3)n2)cc1Cl. The first-order valence-corrected chi connectivity index (χ1v) is 12.0. The van der Waals surface area contributed by atoms with E-state index >= 15 is 0 Å². The van der Waals surface area contributed by atoms with E-state index in [0.717, 1.165) is 24.6 Å². The summed E-state index contributed by atoms with van der Waals surface area (Å²) in [7, 11) is 3.55. The number of ether oxygens (including phenoxy) is 1. The predicted octanol–water partition coefficient (Wildman–Crippen LogP) is 3.81. The molecule has 2 fully saturated rings. The number of hydrogen-bond donors (Lipinski definition) is 3. The van der Waals surface area contributed by atoms with Gasteiger partial charge in [0.1, 0.15) is 11.0 Å². The molecule has 1 aliphatic carbocycles. The van der Waals surface area contributed by atoms with Gasteiger partial charge in [-0.2, -0.15) is 15.0 Å². The highest BCUT2D eigenvalue weighted by Crippen LogP contribution is 2.30. The summed E-state index contributed by atoms with van der Waals surface area (Å²) in [6, 6.07) is 5.66. The molecule has 1 aromatic heterocycles. The number of imide groups is 1. The van der Waals surface area contributed by atoms with Crippen LogP contribution in [0.5, 0.6) is 5.75 Å². The summed E-state index contributed by atoms with van der Waals surface area (Å²) >= 11 is 7.20. The lowest BCUT2D eigenvalue weighted by atomic mass is 9.95. The number of nitrogens with zero attached hydrogens (tertiary/aromatic N) is 4. The maximum atomic E-state index is 11.9. The predicted molar refractivity (Wildman–Crippen MR) is 130 cm³/mol. The zero-order valence-electron chi connectivity index (χ0n) is 18.4. The van der Waals surface area contributed by atoms with Crippen molar-refractivity contribution < 1.29 is 14.3 Å². The van der Waals surface area contributed by atoms with Crippen LogP contribution in [0.3, 0.4) is 0 Å². The van der Waals surface area contributed by atoms with Gasteiger partial charge >= 0.3 is 0 Å². The number of methoxy groups -OCH3 is 1. The van der Waals surface area contributed by atoms with E-state index in [1.807, 2.05) is 13.1 Å². The average Bonchev–Trinajstić information content (AvgIpc) is 3.14. The molecule has 2 aromatic rings. The Balaban J connectivity index is 1.57. The van der Waals surface area contributed by atoms with Gasteiger partial charge in [-0.1, -0.05) is 30.9 Å². The maximum Gasteiger partial charge on any atom is 0.286 e. The number of benzene rings is 1. The molecule has 2 aliphatic rings. The van der Waals surface area contributed by atoms with Crippen molar-refractivity contribution in [2.75, 3.05) is 36.2 Å². The number of carbonyl (C=O) groups is 2. The Hall–Kier alpha value is -2.79. The van der Waals surface area contributed by atoms with Crippen LogP contribution >= 0.6 is 23.4 Å². The molecule has 176 valence electrons. The molecule has 3 N–H and O–H groups in total. The van der Waals surface area contributed by atoms with Crippen molar-refractivity contribution in [3.8, 4) is 5.75 Å². The highest BCUT2D eigenvalue weighted by atomic mass is 35.5. The second-order valence-electron chi connectivity index (χ2n) is 7.92. The molecular formula is C21H26ClN7O3S. The lowest BCUT2D eigenvalue weighted by Gasteiger charge is -2.31. The first-order chi connectivity index (χ1) is 15.9. The number of aromatic nitrogens is 3. The Kier molecular flexibility index (Phi) is 7.39. The molecule has 0 bridgehead atoms. The molecule has 33 heavy (non-hydrogen) atoms. The van der Waals surface area contributed by atoms with Gasteiger partial charge in [0.25, 0.3) is 5.24 Å². The molecule has 0 spiro atoms. The van der Waals surface area contributed by atoms with E-state index in [4.69, 9.17) is 16.3 Å². The minimum atomic E-state index is -0.536. The molecule has 1 atom stereocenters. The van der Waals surface area contributed by atoms with Gasteiger partial charge in [0.05, 0.1) is 12.1 Å². The maximum absolute atomic E-state index is 11.9. The van der Waals surface area contributed by atoms with Crippen LogP contribution in [0.15, 0.2) is 18.2 Å². The normalized spacial score (nSPS) is 18.7. The molecule has 1 unspecified atom stereocenters. The van der Waals surface area contributed by atoms with Crippen LogP contribution in [0.4, 0.5) is 28.3 Å². The third-order valence-corrected chi connectivity index (χ3v) is 6.96. The smallest absolute Gasteiger partial charge is 0.286 e. The van der Waals surface area contributed by atoms with Gasteiger partial charge in [-0.05, 0) is 42.8 Å². The topological polar surface area (TPSA) is 121 Å². The molecule has 1 saturated heterocycles. The van der Waals surface area contributed by atoms with Crippen LogP contribution in [0.1, 0.15) is 32.1 Å². The highest BCUT2D eigenvalue weighted by Gasteiger charge is 2.31. The van der Waals surface area contributed by atoms with Gasteiger partial charge in [0.2, 0.25) is 23.8 Å². The minimum absolute atomic E-state index is 0.215. The fourth-order valence-electron chi connectivity index (χ4n) is 3.87. The minimum Gasteiger partial charge on any atom is -0.495 e. The second-order valence-corrected chi connectivity index (χ2v) is 9.51. The molecule has 2 heterocycles. The van der Waals surface area contributed by atoms with Crippen molar-refractivity contribution in [1.29, 1.82) is 0 Å². The average molecular weight is 492 g/mol. The lowest BCUT2D eigenvalue weighted by Crippen LogP contribution is -2.35. The standard InChI is InChI=1S/C21H26ClN7O3S/c1-29(13-6-4-3-5-7-13)20-27-18(23-11-16-17(30)25-21(31)33-16)26-19(28-20)24-12-8-9-15(32-2)14(22)10-12/h8-10,13,16H,3-7,11H2,1-2H3,(H,25,30,31)(H2,23,24,26,27,28). The van der Waals surface area contributed by atoms with Crippen molar-refractivity contribution >= 4 is 58.0 Å². The molecular weight excluding hydrogens is 466 g/mol. The van der Waals surface area contributed by atoms with Crippen molar-refractivity contribution in [2.24, 2.45) is 0 Å². The van der Waals surface area contributed by atoms with Gasteiger partial charge in [-0.3, -0.25) is 14.9 Å². The van der Waals surface area contributed by atoms with Crippen LogP contribution in [0, 0.1) is 0 Å². The Bertz CT molecular complexity index is 1030. The van der Waals surface area contributed by atoms with E-state index < -0.39 is 5.25 Å². The van der Waals surface area contributed by atoms with Crippen molar-refractivity contribution in [3.05, 3.63) is 23.2 Å². The fraction of sp³-hybridized carbons (Fsp3) is 0.476. The third kappa shape index (κ3) is 5.77. The second kappa shape index (κ2) is 10.4. The summed E-state index contributed by atoms with van der Waals surface area (Å²) in [5, 5.41) is 8.11. The summed E-state index contributed by atoms with van der Waals surface area (Å²) in [6.07, 6.45) is 5.79. The van der Waals surface area contributed by atoms with Crippen LogP contribution in [0.25, 0.3) is 0 Å². The molecule has 1 aliphatic heterocycles. The quantitative estimate of drug-likeness (QED) is 0.502. The summed E-state index contributed by atoms with van der Waals surface area (Å²) in [6.45, 7) is 0.215. The van der Waals surface area contributed by atoms with Crippen LogP contribution < -0.4 is 25.6 Å². The van der Waals surface area contributed by atoms with Crippen LogP contribution in [0.2, 0.25) is 5.02 Å². The molecule has 10 nitrogen and oxygen atoms in total. The van der Waals surface area contributed by atoms with E-state index in [2.05, 4.69) is 35.8 Å². The number of amides is 2. The number of nitrogens with one attached hydrogen (secondary N) is 3. The molecule has 12 heteroatoms. The summed E-state index contributed by atoms with van der Waals surface area (Å²) in [5.74, 6) is 1.43. The van der Waals surface area contributed by atoms with Gasteiger partial charge in [0.15, 0.2) is 0 Å². The Morgan fingerprint density at radius 2 is 1.94 bits per heavy atom. The van der Waals surface area contributed by atoms with Crippen LogP contribution in [-0.4, -0.2) is 58.1 Å². The Labute approximate surface area is 201 Å². The summed E-state index contributed by atoms with van der Waals surface area (Å²) in [4.78, 5) is 39.1. The number of carbonyl (C=O) groups excluding carboxylic acids is 2. The molecule has 1 aromatic carbocycles. The molecule has 2 amide bonds. The fourth-order valence-corrected chi connectivity index (χ4v) is 4.88. The van der Waals surface area contributed by atoms with Gasteiger partial charge < -0.3 is 20.3 Å². The largest absolute Gasteiger partial charge is 0.495 e. The van der Waals surface area contributed by atoms with Gasteiger partial charge in [0, 0.05) is 25.3 Å². The van der Waals surface area contributed by atoms with Crippen LogP contribution in [-0.2, 0) is 4.79 Å². The summed E-state index contributed by atoms with van der Waals surface area (Å²) < 4.78 is 5.21. The zero-order valence-corrected chi connectivity index (χ0v) is 20.0. The number of hydrogen-bond acceptors (Lipinski definition) is 10. The number of halogens is 1. The molecule has 0 radical (unpaired) electrons. The number of thioether (sulfide) groups is 1. The third-order valence-electron chi connectivity index (χ3n) is 5.68. The van der Waals surface area contributed by atoms with E-state index in [0.29, 0.717) is 40.3 Å². The summed E-state index contributed by atoms with van der Waals surface area (Å²) in [5.41, 5.74) is 0.695. The molecule has 1 saturated carbocycles. The highest BCUT2D eigenvalue weighted by molar-refractivity contribution is 8.15. The van der Waals surface area contributed by atoms with E-state index in [9.17, 15) is 9.59 Å². The zero-order chi connectivity index (χ0) is 23.4. The van der Waals surface area contributed by atoms with E-state index in [1.54, 1.807) is 19.2 Å². The molecule has 4 rings (SSSR count). The Morgan fingerprint density at radius 1 is 1.18 bits per heavy atom. The monoisotopic (exact) mass is 491 g/mol. The lowest BCUT2D eigenvalue weighted by molar-refractivity contribution is -0.118. The van der Waals surface area contributed by atoms with E-state index in [-0.39, 0.29) is 17.7 Å².